The summed E-state index contributed by atoms with van der Waals surface area (Å²) in [5, 5.41) is 8.65. The summed E-state index contributed by atoms with van der Waals surface area (Å²) in [6.07, 6.45) is 2.01. The quantitative estimate of drug-likeness (QED) is 0.659. The van der Waals surface area contributed by atoms with Gasteiger partial charge in [0.25, 0.3) is 0 Å². The summed E-state index contributed by atoms with van der Waals surface area (Å²) >= 11 is 0. The summed E-state index contributed by atoms with van der Waals surface area (Å²) in [6, 6.07) is 0. The minimum absolute atomic E-state index is 0.201. The Bertz CT molecular complexity index is 258. The second kappa shape index (κ2) is 5.06. The number of sulfonamides is 1. The molecule has 0 aliphatic carbocycles. The summed E-state index contributed by atoms with van der Waals surface area (Å²) in [5.74, 6) is 0. The van der Waals surface area contributed by atoms with Gasteiger partial charge in [0.15, 0.2) is 0 Å². The summed E-state index contributed by atoms with van der Waals surface area (Å²) in [4.78, 5) is 2.18. The highest BCUT2D eigenvalue weighted by Crippen LogP contribution is 2.05. The van der Waals surface area contributed by atoms with Crippen LogP contribution in [-0.4, -0.2) is 68.3 Å². The highest BCUT2D eigenvalue weighted by Gasteiger charge is 2.22. The highest BCUT2D eigenvalue weighted by molar-refractivity contribution is 7.88. The number of rotatable bonds is 4. The molecule has 14 heavy (non-hydrogen) atoms. The first-order chi connectivity index (χ1) is 6.54. The average Bonchev–Trinajstić information content (AvgIpc) is 2.14. The van der Waals surface area contributed by atoms with Crippen molar-refractivity contribution in [3.63, 3.8) is 0 Å². The topological polar surface area (TPSA) is 60.9 Å². The van der Waals surface area contributed by atoms with E-state index in [1.807, 2.05) is 0 Å². The molecule has 0 spiro atoms. The van der Waals surface area contributed by atoms with E-state index in [2.05, 4.69) is 4.90 Å². The molecule has 5 nitrogen and oxygen atoms in total. The van der Waals surface area contributed by atoms with Gasteiger partial charge in [-0.1, -0.05) is 0 Å². The lowest BCUT2D eigenvalue weighted by atomic mass is 10.3. The van der Waals surface area contributed by atoms with E-state index in [4.69, 9.17) is 5.11 Å². The summed E-state index contributed by atoms with van der Waals surface area (Å²) < 4.78 is 23.9. The van der Waals surface area contributed by atoms with Crippen LogP contribution in [-0.2, 0) is 10.0 Å². The smallest absolute Gasteiger partial charge is 0.211 e. The number of piperazine rings is 1. The first-order valence-electron chi connectivity index (χ1n) is 4.82. The van der Waals surface area contributed by atoms with E-state index in [1.54, 1.807) is 0 Å². The average molecular weight is 222 g/mol. The fourth-order valence-electron chi connectivity index (χ4n) is 1.58. The van der Waals surface area contributed by atoms with Crippen molar-refractivity contribution in [1.82, 2.24) is 9.21 Å². The Labute approximate surface area is 85.4 Å². The lowest BCUT2D eigenvalue weighted by molar-refractivity contribution is 0.171. The molecule has 0 saturated carbocycles. The predicted molar refractivity (Wildman–Crippen MR) is 54.6 cm³/mol. The van der Waals surface area contributed by atoms with Crippen molar-refractivity contribution in [1.29, 1.82) is 0 Å². The van der Waals surface area contributed by atoms with Crippen LogP contribution in [0.3, 0.4) is 0 Å². The van der Waals surface area contributed by atoms with Gasteiger partial charge in [0.05, 0.1) is 6.26 Å². The molecule has 0 aromatic rings. The SMILES string of the molecule is CS(=O)(=O)N1CCN(CCCO)CC1. The molecule has 1 fully saturated rings. The molecular weight excluding hydrogens is 204 g/mol. The highest BCUT2D eigenvalue weighted by atomic mass is 32.2. The maximum absolute atomic E-state index is 11.2. The molecule has 0 aromatic heterocycles. The Hall–Kier alpha value is -0.170. The maximum Gasteiger partial charge on any atom is 0.211 e. The molecule has 1 aliphatic rings. The molecular formula is C8H18N2O3S. The largest absolute Gasteiger partial charge is 0.396 e. The van der Waals surface area contributed by atoms with Crippen LogP contribution in [0.1, 0.15) is 6.42 Å². The molecule has 1 N–H and O–H groups in total. The van der Waals surface area contributed by atoms with Crippen molar-refractivity contribution >= 4 is 10.0 Å². The summed E-state index contributed by atoms with van der Waals surface area (Å²) in [6.45, 7) is 3.75. The van der Waals surface area contributed by atoms with Gasteiger partial charge in [-0.05, 0) is 6.42 Å². The fourth-order valence-corrected chi connectivity index (χ4v) is 2.41. The van der Waals surface area contributed by atoms with Gasteiger partial charge in [-0.15, -0.1) is 0 Å². The molecule has 6 heteroatoms. The van der Waals surface area contributed by atoms with Crippen molar-refractivity contribution in [2.45, 2.75) is 6.42 Å². The van der Waals surface area contributed by atoms with Crippen LogP contribution in [0.25, 0.3) is 0 Å². The first-order valence-corrected chi connectivity index (χ1v) is 6.67. The summed E-state index contributed by atoms with van der Waals surface area (Å²) in [5.41, 5.74) is 0. The minimum Gasteiger partial charge on any atom is -0.396 e. The molecule has 84 valence electrons. The summed E-state index contributed by atoms with van der Waals surface area (Å²) in [7, 11) is -3.01. The molecule has 1 saturated heterocycles. The molecule has 0 radical (unpaired) electrons. The third kappa shape index (κ3) is 3.53. The zero-order valence-electron chi connectivity index (χ0n) is 8.52. The molecule has 0 aromatic carbocycles. The van der Waals surface area contributed by atoms with Crippen molar-refractivity contribution in [2.75, 3.05) is 45.6 Å². The van der Waals surface area contributed by atoms with E-state index >= 15 is 0 Å². The van der Waals surface area contributed by atoms with Crippen molar-refractivity contribution in [3.8, 4) is 0 Å². The standard InChI is InChI=1S/C8H18N2O3S/c1-14(12,13)10-6-4-9(5-7-10)3-2-8-11/h11H,2-8H2,1H3. The molecule has 0 atom stereocenters. The van der Waals surface area contributed by atoms with E-state index in [1.165, 1.54) is 10.6 Å². The van der Waals surface area contributed by atoms with Crippen LogP contribution in [0.15, 0.2) is 0 Å². The van der Waals surface area contributed by atoms with Gasteiger partial charge in [0.1, 0.15) is 0 Å². The normalized spacial score (nSPS) is 21.3. The van der Waals surface area contributed by atoms with Crippen LogP contribution in [0.4, 0.5) is 0 Å². The van der Waals surface area contributed by atoms with Crippen molar-refractivity contribution < 1.29 is 13.5 Å². The van der Waals surface area contributed by atoms with Crippen LogP contribution in [0.5, 0.6) is 0 Å². The molecule has 0 unspecified atom stereocenters. The van der Waals surface area contributed by atoms with Gasteiger partial charge in [0.2, 0.25) is 10.0 Å². The second-order valence-corrected chi connectivity index (χ2v) is 5.56. The van der Waals surface area contributed by atoms with Crippen LogP contribution in [0, 0.1) is 0 Å². The van der Waals surface area contributed by atoms with E-state index in [-0.39, 0.29) is 6.61 Å². The Morgan fingerprint density at radius 3 is 2.21 bits per heavy atom. The van der Waals surface area contributed by atoms with Crippen LogP contribution < -0.4 is 0 Å². The zero-order valence-corrected chi connectivity index (χ0v) is 9.33. The Balaban J connectivity index is 2.31. The first kappa shape index (κ1) is 11.9. The lowest BCUT2D eigenvalue weighted by Gasteiger charge is -2.32. The fraction of sp³-hybridized carbons (Fsp3) is 1.00. The number of nitrogens with zero attached hydrogens (tertiary/aromatic N) is 2. The predicted octanol–water partition coefficient (Wildman–Crippen LogP) is -1.05. The minimum atomic E-state index is -3.01. The third-order valence-electron chi connectivity index (χ3n) is 2.43. The monoisotopic (exact) mass is 222 g/mol. The van der Waals surface area contributed by atoms with Gasteiger partial charge in [-0.25, -0.2) is 8.42 Å². The van der Waals surface area contributed by atoms with E-state index in [0.717, 1.165) is 26.1 Å². The molecule has 0 bridgehead atoms. The Kier molecular flexibility index (Phi) is 4.31. The van der Waals surface area contributed by atoms with Gasteiger partial charge >= 0.3 is 0 Å². The van der Waals surface area contributed by atoms with E-state index in [0.29, 0.717) is 13.1 Å². The van der Waals surface area contributed by atoms with Gasteiger partial charge in [-0.2, -0.15) is 4.31 Å². The van der Waals surface area contributed by atoms with Gasteiger partial charge in [-0.3, -0.25) is 0 Å². The van der Waals surface area contributed by atoms with Crippen LogP contribution in [0.2, 0.25) is 0 Å². The van der Waals surface area contributed by atoms with E-state index in [9.17, 15) is 8.42 Å². The second-order valence-electron chi connectivity index (χ2n) is 3.58. The van der Waals surface area contributed by atoms with Crippen LogP contribution >= 0.6 is 0 Å². The van der Waals surface area contributed by atoms with Crippen molar-refractivity contribution in [2.24, 2.45) is 0 Å². The molecule has 1 rings (SSSR count). The number of aliphatic hydroxyl groups is 1. The van der Waals surface area contributed by atoms with Crippen molar-refractivity contribution in [3.05, 3.63) is 0 Å². The Morgan fingerprint density at radius 2 is 1.79 bits per heavy atom. The van der Waals surface area contributed by atoms with E-state index < -0.39 is 10.0 Å². The number of hydrogen-bond donors (Lipinski definition) is 1. The Morgan fingerprint density at radius 1 is 1.21 bits per heavy atom. The zero-order chi connectivity index (χ0) is 10.6. The van der Waals surface area contributed by atoms with Gasteiger partial charge < -0.3 is 10.0 Å². The number of hydrogen-bond acceptors (Lipinski definition) is 4. The number of aliphatic hydroxyl groups excluding tert-OH is 1. The molecule has 1 aliphatic heterocycles. The van der Waals surface area contributed by atoms with Gasteiger partial charge in [0, 0.05) is 39.3 Å². The third-order valence-corrected chi connectivity index (χ3v) is 3.74. The molecule has 1 heterocycles. The lowest BCUT2D eigenvalue weighted by Crippen LogP contribution is -2.48. The molecule has 0 amide bonds. The maximum atomic E-state index is 11.2.